The third-order valence-corrected chi connectivity index (χ3v) is 5.45. The number of amides is 1. The molecule has 1 unspecified atom stereocenters. The summed E-state index contributed by atoms with van der Waals surface area (Å²) < 4.78 is 1.77. The molecule has 0 aliphatic carbocycles. The van der Waals surface area contributed by atoms with Gasteiger partial charge in [-0.15, -0.1) is 0 Å². The monoisotopic (exact) mass is 420 g/mol. The van der Waals surface area contributed by atoms with Crippen molar-refractivity contribution >= 4 is 40.6 Å². The highest BCUT2D eigenvalue weighted by atomic mass is 16.2. The molecule has 0 saturated heterocycles. The average molecular weight is 421 g/mol. The predicted molar refractivity (Wildman–Crippen MR) is 123 cm³/mol. The Bertz CT molecular complexity index is 1120. The molecule has 9 nitrogen and oxygen atoms in total. The van der Waals surface area contributed by atoms with Gasteiger partial charge in [0.15, 0.2) is 0 Å². The summed E-state index contributed by atoms with van der Waals surface area (Å²) in [5.41, 5.74) is 3.69. The van der Waals surface area contributed by atoms with E-state index in [1.165, 1.54) is 0 Å². The number of carbonyl (C=O) groups excluding carboxylic acids is 1. The maximum absolute atomic E-state index is 12.6. The molecule has 1 aliphatic rings. The highest BCUT2D eigenvalue weighted by Crippen LogP contribution is 2.39. The van der Waals surface area contributed by atoms with Gasteiger partial charge in [-0.25, -0.2) is 4.98 Å². The second-order valence-electron chi connectivity index (χ2n) is 8.09. The molecule has 0 radical (unpaired) electrons. The number of rotatable bonds is 5. The van der Waals surface area contributed by atoms with Crippen molar-refractivity contribution in [2.45, 2.75) is 39.8 Å². The van der Waals surface area contributed by atoms with Crippen LogP contribution in [-0.2, 0) is 11.8 Å². The zero-order valence-corrected chi connectivity index (χ0v) is 18.7. The highest BCUT2D eigenvalue weighted by molar-refractivity contribution is 6.05. The number of fused-ring (bicyclic) bond motifs is 1. The third-order valence-electron chi connectivity index (χ3n) is 5.45. The SMILES string of the molecule is Cc1cc(Nc2ccnc(Nc3ccc4c(c3)N(C(C)C)C(C)C(=O)N4C)n2)n(C)n1. The van der Waals surface area contributed by atoms with Gasteiger partial charge in [0.25, 0.3) is 0 Å². The Morgan fingerprint density at radius 2 is 1.84 bits per heavy atom. The number of aromatic nitrogens is 4. The number of anilines is 6. The van der Waals surface area contributed by atoms with Crippen LogP contribution in [0.2, 0.25) is 0 Å². The van der Waals surface area contributed by atoms with Crippen LogP contribution in [0.15, 0.2) is 36.5 Å². The number of benzene rings is 1. The first kappa shape index (κ1) is 20.6. The molecule has 1 atom stereocenters. The van der Waals surface area contributed by atoms with Crippen molar-refractivity contribution < 1.29 is 4.79 Å². The second kappa shape index (κ2) is 7.90. The minimum absolute atomic E-state index is 0.0921. The van der Waals surface area contributed by atoms with E-state index in [0.29, 0.717) is 11.8 Å². The number of carbonyl (C=O) groups is 1. The molecule has 1 aromatic carbocycles. The maximum atomic E-state index is 12.6. The number of likely N-dealkylation sites (N-methyl/N-ethyl adjacent to an activating group) is 1. The van der Waals surface area contributed by atoms with Gasteiger partial charge >= 0.3 is 0 Å². The summed E-state index contributed by atoms with van der Waals surface area (Å²) >= 11 is 0. The molecule has 2 aromatic heterocycles. The van der Waals surface area contributed by atoms with Gasteiger partial charge in [-0.05, 0) is 52.0 Å². The van der Waals surface area contributed by atoms with Crippen molar-refractivity contribution in [3.8, 4) is 0 Å². The molecule has 31 heavy (non-hydrogen) atoms. The molecule has 1 amide bonds. The molecular formula is C22H28N8O. The highest BCUT2D eigenvalue weighted by Gasteiger charge is 2.34. The Balaban J connectivity index is 1.61. The first-order valence-corrected chi connectivity index (χ1v) is 10.3. The minimum Gasteiger partial charge on any atom is -0.356 e. The van der Waals surface area contributed by atoms with Crippen LogP contribution in [0.25, 0.3) is 0 Å². The van der Waals surface area contributed by atoms with Crippen molar-refractivity contribution in [3.63, 3.8) is 0 Å². The molecule has 0 bridgehead atoms. The number of hydrogen-bond acceptors (Lipinski definition) is 7. The van der Waals surface area contributed by atoms with Gasteiger partial charge in [0.05, 0.1) is 17.1 Å². The van der Waals surface area contributed by atoms with E-state index in [-0.39, 0.29) is 18.0 Å². The second-order valence-corrected chi connectivity index (χ2v) is 8.09. The molecule has 2 N–H and O–H groups in total. The maximum Gasteiger partial charge on any atom is 0.249 e. The lowest BCUT2D eigenvalue weighted by Gasteiger charge is -2.42. The van der Waals surface area contributed by atoms with E-state index in [4.69, 9.17) is 0 Å². The molecule has 4 rings (SSSR count). The van der Waals surface area contributed by atoms with Gasteiger partial charge in [0.2, 0.25) is 11.9 Å². The van der Waals surface area contributed by atoms with Crippen molar-refractivity contribution in [2.75, 3.05) is 27.5 Å². The fourth-order valence-corrected chi connectivity index (χ4v) is 4.02. The van der Waals surface area contributed by atoms with Gasteiger partial charge < -0.3 is 20.4 Å². The number of hydrogen-bond donors (Lipinski definition) is 2. The summed E-state index contributed by atoms with van der Waals surface area (Å²) in [7, 11) is 3.70. The van der Waals surface area contributed by atoms with Crippen LogP contribution in [0, 0.1) is 6.92 Å². The van der Waals surface area contributed by atoms with Crippen LogP contribution in [-0.4, -0.2) is 44.8 Å². The molecule has 3 aromatic rings. The average Bonchev–Trinajstić information content (AvgIpc) is 3.03. The Morgan fingerprint density at radius 1 is 1.06 bits per heavy atom. The fourth-order valence-electron chi connectivity index (χ4n) is 4.02. The standard InChI is InChI=1S/C22H28N8O/c1-13(2)30-15(4)21(31)28(5)17-8-7-16(12-18(17)30)24-22-23-10-9-19(26-22)25-20-11-14(3)27-29(20)6/h7-13,15H,1-6H3,(H2,23,24,25,26). The van der Waals surface area contributed by atoms with E-state index < -0.39 is 0 Å². The van der Waals surface area contributed by atoms with Gasteiger partial charge in [0.1, 0.15) is 17.7 Å². The van der Waals surface area contributed by atoms with Gasteiger partial charge in [-0.2, -0.15) is 10.1 Å². The van der Waals surface area contributed by atoms with E-state index in [0.717, 1.165) is 28.6 Å². The van der Waals surface area contributed by atoms with Crippen LogP contribution >= 0.6 is 0 Å². The summed E-state index contributed by atoms with van der Waals surface area (Å²) in [5.74, 6) is 2.09. The normalized spacial score (nSPS) is 16.0. The quantitative estimate of drug-likeness (QED) is 0.652. The number of nitrogens with one attached hydrogen (secondary N) is 2. The van der Waals surface area contributed by atoms with E-state index in [1.54, 1.807) is 15.8 Å². The largest absolute Gasteiger partial charge is 0.356 e. The van der Waals surface area contributed by atoms with Crippen molar-refractivity contribution in [2.24, 2.45) is 7.05 Å². The number of nitrogens with zero attached hydrogens (tertiary/aromatic N) is 6. The number of aryl methyl sites for hydroxylation is 2. The Hall–Kier alpha value is -3.62. The summed E-state index contributed by atoms with van der Waals surface area (Å²) in [6, 6.07) is 9.67. The lowest BCUT2D eigenvalue weighted by molar-refractivity contribution is -0.119. The molecular weight excluding hydrogens is 392 g/mol. The Labute approximate surface area is 182 Å². The predicted octanol–water partition coefficient (Wildman–Crippen LogP) is 3.59. The topological polar surface area (TPSA) is 91.2 Å². The lowest BCUT2D eigenvalue weighted by atomic mass is 10.0. The lowest BCUT2D eigenvalue weighted by Crippen LogP contribution is -2.53. The zero-order chi connectivity index (χ0) is 22.3. The minimum atomic E-state index is -0.223. The molecule has 3 heterocycles. The Kier molecular flexibility index (Phi) is 5.26. The van der Waals surface area contributed by atoms with Crippen LogP contribution in [0.5, 0.6) is 0 Å². The van der Waals surface area contributed by atoms with Crippen LogP contribution in [0.1, 0.15) is 26.5 Å². The van der Waals surface area contributed by atoms with E-state index in [9.17, 15) is 4.79 Å². The first-order valence-electron chi connectivity index (χ1n) is 10.3. The summed E-state index contributed by atoms with van der Waals surface area (Å²) in [6.07, 6.45) is 1.70. The first-order chi connectivity index (χ1) is 14.7. The molecule has 1 aliphatic heterocycles. The molecule has 0 saturated carbocycles. The fraction of sp³-hybridized carbons (Fsp3) is 0.364. The van der Waals surface area contributed by atoms with Crippen molar-refractivity contribution in [1.29, 1.82) is 0 Å². The van der Waals surface area contributed by atoms with Crippen LogP contribution in [0.3, 0.4) is 0 Å². The zero-order valence-electron chi connectivity index (χ0n) is 18.7. The molecule has 162 valence electrons. The smallest absolute Gasteiger partial charge is 0.249 e. The van der Waals surface area contributed by atoms with Gasteiger partial charge in [-0.1, -0.05) is 0 Å². The van der Waals surface area contributed by atoms with Crippen LogP contribution < -0.4 is 20.4 Å². The summed E-state index contributed by atoms with van der Waals surface area (Å²) in [4.78, 5) is 25.4. The van der Waals surface area contributed by atoms with E-state index >= 15 is 0 Å². The van der Waals surface area contributed by atoms with Crippen LogP contribution in [0.4, 0.5) is 34.6 Å². The molecule has 0 fully saturated rings. The van der Waals surface area contributed by atoms with E-state index in [1.807, 2.05) is 58.3 Å². The molecule has 9 heteroatoms. The van der Waals surface area contributed by atoms with Gasteiger partial charge in [0, 0.05) is 38.1 Å². The Morgan fingerprint density at radius 3 is 2.52 bits per heavy atom. The molecule has 0 spiro atoms. The van der Waals surface area contributed by atoms with Gasteiger partial charge in [-0.3, -0.25) is 9.48 Å². The van der Waals surface area contributed by atoms with Crippen molar-refractivity contribution in [3.05, 3.63) is 42.2 Å². The third kappa shape index (κ3) is 3.90. The summed E-state index contributed by atoms with van der Waals surface area (Å²) in [5, 5.41) is 10.9. The summed E-state index contributed by atoms with van der Waals surface area (Å²) in [6.45, 7) is 8.08. The van der Waals surface area contributed by atoms with E-state index in [2.05, 4.69) is 44.4 Å². The van der Waals surface area contributed by atoms with Crippen molar-refractivity contribution in [1.82, 2.24) is 19.7 Å².